The van der Waals surface area contributed by atoms with Crippen LogP contribution in [0.15, 0.2) is 23.8 Å². The summed E-state index contributed by atoms with van der Waals surface area (Å²) in [5.41, 5.74) is 2.06. The molecule has 0 bridgehead atoms. The smallest absolute Gasteiger partial charge is 0.187 e. The number of carbonyl (C=O) groups excluding carboxylic acids is 2. The van der Waals surface area contributed by atoms with Gasteiger partial charge in [0.2, 0.25) is 0 Å². The second-order valence-corrected chi connectivity index (χ2v) is 8.82. The third kappa shape index (κ3) is 1.51. The largest absolute Gasteiger partial charge is 0.360 e. The molecule has 4 fully saturated rings. The van der Waals surface area contributed by atoms with E-state index in [-0.39, 0.29) is 28.8 Å². The van der Waals surface area contributed by atoms with Gasteiger partial charge in [0.1, 0.15) is 18.0 Å². The van der Waals surface area contributed by atoms with Gasteiger partial charge in [0.15, 0.2) is 5.78 Å². The molecule has 0 N–H and O–H groups in total. The van der Waals surface area contributed by atoms with Crippen LogP contribution in [0.5, 0.6) is 0 Å². The zero-order valence-corrected chi connectivity index (χ0v) is 13.9. The molecule has 5 aliphatic rings. The van der Waals surface area contributed by atoms with Gasteiger partial charge in [-0.05, 0) is 55.1 Å². The van der Waals surface area contributed by atoms with Crippen molar-refractivity contribution in [2.45, 2.75) is 58.2 Å². The van der Waals surface area contributed by atoms with Crippen LogP contribution in [0, 0.1) is 28.6 Å². The lowest BCUT2D eigenvalue weighted by Gasteiger charge is -2.56. The van der Waals surface area contributed by atoms with Crippen molar-refractivity contribution in [1.82, 2.24) is 0 Å². The Morgan fingerprint density at radius 3 is 2.78 bits per heavy atom. The lowest BCUT2D eigenvalue weighted by atomic mass is 9.46. The molecule has 0 aromatic heterocycles. The minimum absolute atomic E-state index is 0.0426. The molecule has 5 rings (SSSR count). The van der Waals surface area contributed by atoms with E-state index >= 15 is 0 Å². The molecule has 3 nitrogen and oxygen atoms in total. The standard InChI is InChI=1S/C20H24O3/c1-10-8-11-12-4-5-16(22)19(12,2)7-6-13(11)20(3)14(10)9-15(21)17-18(20)23-17/h9,11-13,17-18H,1,4-8H2,2-3H3/t11-,12-,13-,17+,18+,19+,20+/m0/s1. The van der Waals surface area contributed by atoms with Gasteiger partial charge in [-0.15, -0.1) is 0 Å². The number of carbonyl (C=O) groups is 2. The number of rotatable bonds is 0. The molecule has 0 aromatic carbocycles. The molecule has 1 heterocycles. The molecule has 1 aliphatic heterocycles. The summed E-state index contributed by atoms with van der Waals surface area (Å²) in [6.45, 7) is 8.80. The molecule has 3 saturated carbocycles. The Morgan fingerprint density at radius 2 is 2.00 bits per heavy atom. The van der Waals surface area contributed by atoms with Crippen molar-refractivity contribution in [1.29, 1.82) is 0 Å². The van der Waals surface area contributed by atoms with Crippen LogP contribution < -0.4 is 0 Å². The number of allylic oxidation sites excluding steroid dienone is 1. The van der Waals surface area contributed by atoms with Crippen LogP contribution >= 0.6 is 0 Å². The first-order valence-electron chi connectivity index (χ1n) is 9.00. The number of hydrogen-bond donors (Lipinski definition) is 0. The topological polar surface area (TPSA) is 46.7 Å². The van der Waals surface area contributed by atoms with Crippen LogP contribution in [-0.4, -0.2) is 23.8 Å². The van der Waals surface area contributed by atoms with Crippen molar-refractivity contribution in [2.75, 3.05) is 0 Å². The quantitative estimate of drug-likeness (QED) is 0.645. The van der Waals surface area contributed by atoms with E-state index in [1.54, 1.807) is 0 Å². The van der Waals surface area contributed by atoms with Gasteiger partial charge in [-0.25, -0.2) is 0 Å². The van der Waals surface area contributed by atoms with E-state index in [1.165, 1.54) is 0 Å². The molecule has 0 amide bonds. The number of hydrogen-bond acceptors (Lipinski definition) is 3. The highest BCUT2D eigenvalue weighted by molar-refractivity contribution is 5.99. The van der Waals surface area contributed by atoms with E-state index in [9.17, 15) is 9.59 Å². The summed E-state index contributed by atoms with van der Waals surface area (Å²) >= 11 is 0. The van der Waals surface area contributed by atoms with E-state index < -0.39 is 0 Å². The van der Waals surface area contributed by atoms with Crippen LogP contribution in [0.1, 0.15) is 46.0 Å². The highest BCUT2D eigenvalue weighted by atomic mass is 16.6. The molecule has 7 atom stereocenters. The zero-order chi connectivity index (χ0) is 16.1. The van der Waals surface area contributed by atoms with Crippen molar-refractivity contribution < 1.29 is 14.3 Å². The summed E-state index contributed by atoms with van der Waals surface area (Å²) in [7, 11) is 0. The maximum Gasteiger partial charge on any atom is 0.187 e. The Bertz CT molecular complexity index is 689. The monoisotopic (exact) mass is 312 g/mol. The van der Waals surface area contributed by atoms with Crippen LogP contribution in [0.4, 0.5) is 0 Å². The predicted octanol–water partition coefficient (Wildman–Crippen LogP) is 3.24. The van der Waals surface area contributed by atoms with Gasteiger partial charge in [0.05, 0.1) is 0 Å². The Morgan fingerprint density at radius 1 is 1.22 bits per heavy atom. The van der Waals surface area contributed by atoms with Crippen molar-refractivity contribution in [3.05, 3.63) is 23.8 Å². The Labute approximate surface area is 137 Å². The Balaban J connectivity index is 1.60. The van der Waals surface area contributed by atoms with Gasteiger partial charge in [0.25, 0.3) is 0 Å². The minimum Gasteiger partial charge on any atom is -0.360 e. The summed E-state index contributed by atoms with van der Waals surface area (Å²) < 4.78 is 5.81. The van der Waals surface area contributed by atoms with Gasteiger partial charge in [-0.3, -0.25) is 9.59 Å². The Hall–Kier alpha value is -1.22. The van der Waals surface area contributed by atoms with E-state index in [4.69, 9.17) is 4.74 Å². The predicted molar refractivity (Wildman–Crippen MR) is 85.7 cm³/mol. The SMILES string of the molecule is C=C1C[C@@H]2[C@H](CC[C@@]3(C)C(=O)CC[C@@H]23)[C@]2(C)C1=CC(=O)[C@H]1O[C@H]12. The number of epoxide rings is 1. The third-order valence-electron chi connectivity index (χ3n) is 8.01. The molecule has 0 aromatic rings. The summed E-state index contributed by atoms with van der Waals surface area (Å²) in [6, 6.07) is 0. The first kappa shape index (κ1) is 14.2. The fourth-order valence-corrected chi connectivity index (χ4v) is 6.69. The summed E-state index contributed by atoms with van der Waals surface area (Å²) in [5, 5.41) is 0. The van der Waals surface area contributed by atoms with Crippen LogP contribution in [0.25, 0.3) is 0 Å². The Kier molecular flexibility index (Phi) is 2.49. The van der Waals surface area contributed by atoms with E-state index in [0.29, 0.717) is 23.5 Å². The number of fused-ring (bicyclic) bond motifs is 7. The normalized spacial score (nSPS) is 53.9. The van der Waals surface area contributed by atoms with E-state index in [2.05, 4.69) is 20.4 Å². The zero-order valence-electron chi connectivity index (χ0n) is 13.9. The second kappa shape index (κ2) is 4.05. The maximum absolute atomic E-state index is 12.5. The average Bonchev–Trinajstić information content (AvgIpc) is 3.26. The molecule has 0 spiro atoms. The molecule has 122 valence electrons. The van der Waals surface area contributed by atoms with E-state index in [0.717, 1.165) is 43.3 Å². The van der Waals surface area contributed by atoms with Gasteiger partial charge in [-0.1, -0.05) is 26.0 Å². The highest BCUT2D eigenvalue weighted by Crippen LogP contribution is 2.67. The summed E-state index contributed by atoms with van der Waals surface area (Å²) in [4.78, 5) is 24.6. The molecule has 4 aliphatic carbocycles. The minimum atomic E-state index is -0.214. The van der Waals surface area contributed by atoms with E-state index in [1.807, 2.05) is 6.08 Å². The van der Waals surface area contributed by atoms with Crippen LogP contribution in [0.3, 0.4) is 0 Å². The first-order chi connectivity index (χ1) is 10.9. The first-order valence-corrected chi connectivity index (χ1v) is 9.00. The van der Waals surface area contributed by atoms with Crippen molar-refractivity contribution in [3.63, 3.8) is 0 Å². The van der Waals surface area contributed by atoms with Crippen molar-refractivity contribution >= 4 is 11.6 Å². The fourth-order valence-electron chi connectivity index (χ4n) is 6.69. The lowest BCUT2D eigenvalue weighted by molar-refractivity contribution is -0.131. The molecule has 0 unspecified atom stereocenters. The average molecular weight is 312 g/mol. The molecule has 0 radical (unpaired) electrons. The summed E-state index contributed by atoms with van der Waals surface area (Å²) in [5.74, 6) is 2.12. The number of ether oxygens (including phenoxy) is 1. The van der Waals surface area contributed by atoms with Gasteiger partial charge >= 0.3 is 0 Å². The highest BCUT2D eigenvalue weighted by Gasteiger charge is 2.68. The maximum atomic E-state index is 12.5. The molecule has 1 saturated heterocycles. The van der Waals surface area contributed by atoms with Crippen LogP contribution in [-0.2, 0) is 14.3 Å². The third-order valence-corrected chi connectivity index (χ3v) is 8.01. The van der Waals surface area contributed by atoms with Crippen molar-refractivity contribution in [2.24, 2.45) is 28.6 Å². The van der Waals surface area contributed by atoms with Gasteiger partial charge < -0.3 is 4.74 Å². The van der Waals surface area contributed by atoms with Gasteiger partial charge in [-0.2, -0.15) is 0 Å². The molecular formula is C20H24O3. The van der Waals surface area contributed by atoms with Crippen molar-refractivity contribution in [3.8, 4) is 0 Å². The van der Waals surface area contributed by atoms with Crippen LogP contribution in [0.2, 0.25) is 0 Å². The summed E-state index contributed by atoms with van der Waals surface area (Å²) in [6.07, 6.45) is 6.45. The fraction of sp³-hybridized carbons (Fsp3) is 0.700. The molecule has 23 heavy (non-hydrogen) atoms. The van der Waals surface area contributed by atoms with Gasteiger partial charge in [0, 0.05) is 17.3 Å². The molecule has 3 heteroatoms. The second-order valence-electron chi connectivity index (χ2n) is 8.82. The number of Topliss-reactive ketones (excluding diaryl/α,β-unsaturated/α-hetero) is 1. The molecular weight excluding hydrogens is 288 g/mol. The number of ketones is 2. The lowest BCUT2D eigenvalue weighted by Crippen LogP contribution is -2.53.